The molecule has 1 aromatic heterocycles. The first kappa shape index (κ1) is 13.2. The molecule has 0 aliphatic carbocycles. The summed E-state index contributed by atoms with van der Waals surface area (Å²) in [6, 6.07) is 2.24. The van der Waals surface area contributed by atoms with Crippen LogP contribution in [0, 0.1) is 27.7 Å². The number of aromatic amines is 1. The molecule has 0 unspecified atom stereocenters. The van der Waals surface area contributed by atoms with Crippen LogP contribution >= 0.6 is 11.6 Å². The van der Waals surface area contributed by atoms with E-state index < -0.39 is 0 Å². The Kier molecular flexibility index (Phi) is 3.76. The first-order valence-electron chi connectivity index (χ1n) is 6.22. The Morgan fingerprint density at radius 1 is 1.11 bits per heavy atom. The third-order valence-corrected chi connectivity index (χ3v) is 3.78. The number of alkyl halides is 1. The summed E-state index contributed by atoms with van der Waals surface area (Å²) >= 11 is 5.74. The smallest absolute Gasteiger partial charge is 0.107 e. The number of benzene rings is 1. The topological polar surface area (TPSA) is 28.7 Å². The van der Waals surface area contributed by atoms with E-state index in [1.165, 1.54) is 27.8 Å². The molecule has 0 saturated carbocycles. The van der Waals surface area contributed by atoms with Gasteiger partial charge in [-0.1, -0.05) is 6.07 Å². The highest BCUT2D eigenvalue weighted by Crippen LogP contribution is 2.30. The third-order valence-electron chi connectivity index (χ3n) is 3.60. The van der Waals surface area contributed by atoms with Crippen molar-refractivity contribution in [3.63, 3.8) is 0 Å². The second kappa shape index (κ2) is 5.15. The van der Waals surface area contributed by atoms with E-state index in [1.807, 2.05) is 6.20 Å². The van der Waals surface area contributed by atoms with Crippen molar-refractivity contribution < 1.29 is 0 Å². The van der Waals surface area contributed by atoms with Crippen molar-refractivity contribution in [1.82, 2.24) is 9.97 Å². The molecule has 0 amide bonds. The summed E-state index contributed by atoms with van der Waals surface area (Å²) in [5.74, 6) is 1.55. The van der Waals surface area contributed by atoms with Gasteiger partial charge in [-0.3, -0.25) is 0 Å². The minimum absolute atomic E-state index is 0.595. The van der Waals surface area contributed by atoms with Crippen molar-refractivity contribution in [2.75, 3.05) is 5.88 Å². The van der Waals surface area contributed by atoms with E-state index in [4.69, 9.17) is 11.6 Å². The van der Waals surface area contributed by atoms with E-state index in [0.717, 1.165) is 17.9 Å². The standard InChI is InChI=1S/C15H19ClN2/c1-9-7-10(2)12(4)15(11(9)3)13-8-17-14(18-13)5-6-16/h7-8H,5-6H2,1-4H3,(H,17,18). The SMILES string of the molecule is Cc1cc(C)c(C)c(-c2cnc(CCCl)[nH]2)c1C. The second-order valence-corrected chi connectivity index (χ2v) is 5.20. The molecule has 2 rings (SSSR count). The first-order valence-corrected chi connectivity index (χ1v) is 6.75. The Hall–Kier alpha value is -1.28. The maximum Gasteiger partial charge on any atom is 0.107 e. The predicted octanol–water partition coefficient (Wildman–Crippen LogP) is 4.09. The van der Waals surface area contributed by atoms with Crippen LogP contribution in [-0.2, 0) is 6.42 Å². The number of aryl methyl sites for hydroxylation is 3. The molecule has 0 saturated heterocycles. The van der Waals surface area contributed by atoms with E-state index >= 15 is 0 Å². The molecule has 0 aliphatic heterocycles. The Morgan fingerprint density at radius 2 is 1.72 bits per heavy atom. The van der Waals surface area contributed by atoms with E-state index in [2.05, 4.69) is 43.7 Å². The molecular weight excluding hydrogens is 244 g/mol. The minimum Gasteiger partial charge on any atom is -0.342 e. The molecule has 2 nitrogen and oxygen atoms in total. The Balaban J connectivity index is 2.55. The minimum atomic E-state index is 0.595. The number of H-pyrrole nitrogens is 1. The van der Waals surface area contributed by atoms with E-state index in [0.29, 0.717) is 5.88 Å². The van der Waals surface area contributed by atoms with Gasteiger partial charge in [0.2, 0.25) is 0 Å². The summed E-state index contributed by atoms with van der Waals surface area (Å²) in [6.07, 6.45) is 2.69. The summed E-state index contributed by atoms with van der Waals surface area (Å²) in [7, 11) is 0. The fourth-order valence-corrected chi connectivity index (χ4v) is 2.51. The van der Waals surface area contributed by atoms with Gasteiger partial charge in [0.1, 0.15) is 5.82 Å². The van der Waals surface area contributed by atoms with Gasteiger partial charge in [0.15, 0.2) is 0 Å². The van der Waals surface area contributed by atoms with E-state index in [9.17, 15) is 0 Å². The Bertz CT molecular complexity index is 544. The number of hydrogen-bond acceptors (Lipinski definition) is 1. The fourth-order valence-electron chi connectivity index (χ4n) is 2.33. The van der Waals surface area contributed by atoms with Crippen LogP contribution in [0.1, 0.15) is 28.1 Å². The second-order valence-electron chi connectivity index (χ2n) is 4.82. The zero-order chi connectivity index (χ0) is 13.3. The van der Waals surface area contributed by atoms with Crippen LogP contribution in [-0.4, -0.2) is 15.8 Å². The van der Waals surface area contributed by atoms with Crippen molar-refractivity contribution in [2.45, 2.75) is 34.1 Å². The van der Waals surface area contributed by atoms with Crippen molar-refractivity contribution in [2.24, 2.45) is 0 Å². The van der Waals surface area contributed by atoms with Crippen LogP contribution in [0.2, 0.25) is 0 Å². The molecule has 0 atom stereocenters. The molecule has 0 spiro atoms. The highest BCUT2D eigenvalue weighted by Gasteiger charge is 2.12. The molecule has 0 fully saturated rings. The molecule has 18 heavy (non-hydrogen) atoms. The van der Waals surface area contributed by atoms with Gasteiger partial charge < -0.3 is 4.98 Å². The Morgan fingerprint density at radius 3 is 2.28 bits per heavy atom. The lowest BCUT2D eigenvalue weighted by Crippen LogP contribution is -1.96. The van der Waals surface area contributed by atoms with E-state index in [1.54, 1.807) is 0 Å². The van der Waals surface area contributed by atoms with Crippen LogP contribution in [0.25, 0.3) is 11.3 Å². The van der Waals surface area contributed by atoms with Gasteiger partial charge >= 0.3 is 0 Å². The molecule has 1 aromatic carbocycles. The molecule has 2 aromatic rings. The van der Waals surface area contributed by atoms with Crippen LogP contribution in [0.5, 0.6) is 0 Å². The lowest BCUT2D eigenvalue weighted by atomic mass is 9.93. The third kappa shape index (κ3) is 2.30. The van der Waals surface area contributed by atoms with Crippen LogP contribution < -0.4 is 0 Å². The van der Waals surface area contributed by atoms with Gasteiger partial charge in [-0.15, -0.1) is 11.6 Å². The maximum atomic E-state index is 5.74. The fraction of sp³-hybridized carbons (Fsp3) is 0.400. The quantitative estimate of drug-likeness (QED) is 0.830. The van der Waals surface area contributed by atoms with Gasteiger partial charge in [0.05, 0.1) is 11.9 Å². The molecule has 0 radical (unpaired) electrons. The number of aromatic nitrogens is 2. The van der Waals surface area contributed by atoms with Gasteiger partial charge in [-0.25, -0.2) is 4.98 Å². The molecule has 1 N–H and O–H groups in total. The van der Waals surface area contributed by atoms with Crippen molar-refractivity contribution in [3.05, 3.63) is 40.3 Å². The maximum absolute atomic E-state index is 5.74. The van der Waals surface area contributed by atoms with Crippen LogP contribution in [0.4, 0.5) is 0 Å². The number of nitrogens with one attached hydrogen (secondary N) is 1. The van der Waals surface area contributed by atoms with Crippen molar-refractivity contribution in [1.29, 1.82) is 0 Å². The summed E-state index contributed by atoms with van der Waals surface area (Å²) in [5.41, 5.74) is 7.65. The van der Waals surface area contributed by atoms with Gasteiger partial charge in [-0.2, -0.15) is 0 Å². The van der Waals surface area contributed by atoms with Crippen LogP contribution in [0.15, 0.2) is 12.3 Å². The Labute approximate surface area is 113 Å². The molecule has 96 valence electrons. The number of hydrogen-bond donors (Lipinski definition) is 1. The molecule has 1 heterocycles. The van der Waals surface area contributed by atoms with E-state index in [-0.39, 0.29) is 0 Å². The average Bonchev–Trinajstić information content (AvgIpc) is 2.76. The summed E-state index contributed by atoms with van der Waals surface area (Å²) in [4.78, 5) is 7.75. The molecule has 3 heteroatoms. The summed E-state index contributed by atoms with van der Waals surface area (Å²) in [6.45, 7) is 8.64. The number of nitrogens with zero attached hydrogens (tertiary/aromatic N) is 1. The highest BCUT2D eigenvalue weighted by molar-refractivity contribution is 6.17. The van der Waals surface area contributed by atoms with Gasteiger partial charge in [0.25, 0.3) is 0 Å². The first-order chi connectivity index (χ1) is 8.54. The van der Waals surface area contributed by atoms with Gasteiger partial charge in [0, 0.05) is 17.9 Å². The lowest BCUT2D eigenvalue weighted by Gasteiger charge is -2.13. The predicted molar refractivity (Wildman–Crippen MR) is 77.4 cm³/mol. The highest BCUT2D eigenvalue weighted by atomic mass is 35.5. The molecule has 0 bridgehead atoms. The number of rotatable bonds is 3. The summed E-state index contributed by atoms with van der Waals surface area (Å²) < 4.78 is 0. The van der Waals surface area contributed by atoms with Crippen LogP contribution in [0.3, 0.4) is 0 Å². The zero-order valence-electron chi connectivity index (χ0n) is 11.4. The number of imidazole rings is 1. The monoisotopic (exact) mass is 262 g/mol. The normalized spacial score (nSPS) is 10.9. The summed E-state index contributed by atoms with van der Waals surface area (Å²) in [5, 5.41) is 0. The average molecular weight is 263 g/mol. The zero-order valence-corrected chi connectivity index (χ0v) is 12.2. The molecular formula is C15H19ClN2. The van der Waals surface area contributed by atoms with Crippen molar-refractivity contribution >= 4 is 11.6 Å². The molecule has 0 aliphatic rings. The lowest BCUT2D eigenvalue weighted by molar-refractivity contribution is 0.996. The van der Waals surface area contributed by atoms with Gasteiger partial charge in [-0.05, 0) is 49.9 Å². The van der Waals surface area contributed by atoms with Crippen molar-refractivity contribution in [3.8, 4) is 11.3 Å². The number of halogens is 1. The largest absolute Gasteiger partial charge is 0.342 e.